The zero-order chi connectivity index (χ0) is 20.1. The van der Waals surface area contributed by atoms with E-state index in [4.69, 9.17) is 0 Å². The summed E-state index contributed by atoms with van der Waals surface area (Å²) in [5, 5.41) is 21.6. The molecule has 4 heterocycles. The predicted molar refractivity (Wildman–Crippen MR) is 100 cm³/mol. The van der Waals surface area contributed by atoms with E-state index in [1.54, 1.807) is 23.1 Å². The number of sulfone groups is 1. The van der Waals surface area contributed by atoms with Crippen molar-refractivity contribution in [3.05, 3.63) is 44.9 Å². The molecule has 2 aliphatic heterocycles. The van der Waals surface area contributed by atoms with Gasteiger partial charge in [0, 0.05) is 32.4 Å². The van der Waals surface area contributed by atoms with Crippen molar-refractivity contribution >= 4 is 27.0 Å². The Labute approximate surface area is 159 Å². The average Bonchev–Trinajstić information content (AvgIpc) is 2.94. The third-order valence-corrected chi connectivity index (χ3v) is 6.95. The Kier molecular flexibility index (Phi) is 4.56. The smallest absolute Gasteiger partial charge is 0.376 e. The van der Waals surface area contributed by atoms with Crippen LogP contribution in [0.1, 0.15) is 0 Å². The summed E-state index contributed by atoms with van der Waals surface area (Å²) < 4.78 is 24.6. The van der Waals surface area contributed by atoms with Gasteiger partial charge in [-0.2, -0.15) is 0 Å². The summed E-state index contributed by atoms with van der Waals surface area (Å²) in [5.41, 5.74) is -1.01. The summed E-state index contributed by atoms with van der Waals surface area (Å²) in [5.74, 6) is -0.323. The molecule has 11 nitrogen and oxygen atoms in total. The van der Waals surface area contributed by atoms with Gasteiger partial charge in [-0.15, -0.1) is 0 Å². The van der Waals surface area contributed by atoms with Crippen molar-refractivity contribution in [2.24, 2.45) is 0 Å². The number of aromatic nitrogens is 2. The van der Waals surface area contributed by atoms with Gasteiger partial charge in [-0.25, -0.2) is 13.4 Å². The number of pyridine rings is 1. The predicted octanol–water partition coefficient (Wildman–Crippen LogP) is -1.12. The van der Waals surface area contributed by atoms with E-state index in [9.17, 15) is 28.4 Å². The third-order valence-electron chi connectivity index (χ3n) is 5.25. The van der Waals surface area contributed by atoms with Crippen LogP contribution >= 0.6 is 0 Å². The maximum absolute atomic E-state index is 12.6. The molecule has 2 fully saturated rings. The number of anilines is 1. The zero-order valence-corrected chi connectivity index (χ0v) is 15.7. The fourth-order valence-electron chi connectivity index (χ4n) is 3.87. The SMILES string of the molecule is O=c1c([N+](=O)[O-])c(N2CCN(C3CS(=O)(=O)CC3O)CC2)nc2ccccn12. The molecule has 0 aromatic carbocycles. The van der Waals surface area contributed by atoms with Gasteiger partial charge in [-0.1, -0.05) is 6.07 Å². The standard InChI is InChI=1S/C16H19N5O6S/c22-12-10-28(26,27)9-11(12)18-5-7-19(8-6-18)15-14(21(24)25)16(23)20-4-2-1-3-13(20)17-15/h1-4,11-12,22H,5-10H2. The van der Waals surface area contributed by atoms with Gasteiger partial charge < -0.3 is 10.0 Å². The van der Waals surface area contributed by atoms with Gasteiger partial charge in [0.2, 0.25) is 5.82 Å². The maximum atomic E-state index is 12.6. The molecule has 4 rings (SSSR count). The maximum Gasteiger partial charge on any atom is 0.376 e. The highest BCUT2D eigenvalue weighted by Crippen LogP contribution is 2.26. The topological polar surface area (TPSA) is 138 Å². The Morgan fingerprint density at radius 1 is 1.18 bits per heavy atom. The first kappa shape index (κ1) is 18.8. The molecule has 2 aromatic rings. The van der Waals surface area contributed by atoms with Crippen LogP contribution in [0.4, 0.5) is 11.5 Å². The summed E-state index contributed by atoms with van der Waals surface area (Å²) in [6.45, 7) is 1.48. The van der Waals surface area contributed by atoms with Crippen molar-refractivity contribution in [3.63, 3.8) is 0 Å². The van der Waals surface area contributed by atoms with Crippen LogP contribution in [0.2, 0.25) is 0 Å². The van der Waals surface area contributed by atoms with Crippen molar-refractivity contribution in [1.29, 1.82) is 0 Å². The van der Waals surface area contributed by atoms with Crippen LogP contribution in [0, 0.1) is 10.1 Å². The van der Waals surface area contributed by atoms with Crippen molar-refractivity contribution in [1.82, 2.24) is 14.3 Å². The van der Waals surface area contributed by atoms with E-state index in [2.05, 4.69) is 4.98 Å². The fourth-order valence-corrected chi connectivity index (χ4v) is 5.70. The number of nitro groups is 1. The van der Waals surface area contributed by atoms with E-state index < -0.39 is 38.2 Å². The minimum atomic E-state index is -3.26. The van der Waals surface area contributed by atoms with Gasteiger partial charge in [0.1, 0.15) is 5.65 Å². The lowest BCUT2D eigenvalue weighted by molar-refractivity contribution is -0.385. The van der Waals surface area contributed by atoms with E-state index in [0.29, 0.717) is 31.8 Å². The molecular formula is C16H19N5O6S. The van der Waals surface area contributed by atoms with E-state index in [1.807, 2.05) is 4.90 Å². The highest BCUT2D eigenvalue weighted by Gasteiger charge is 2.41. The fraction of sp³-hybridized carbons (Fsp3) is 0.500. The quantitative estimate of drug-likeness (QED) is 0.493. The molecular weight excluding hydrogens is 390 g/mol. The van der Waals surface area contributed by atoms with E-state index in [0.717, 1.165) is 4.40 Å². The molecule has 0 aliphatic carbocycles. The van der Waals surface area contributed by atoms with Crippen molar-refractivity contribution < 1.29 is 18.4 Å². The number of aliphatic hydroxyl groups is 1. The third kappa shape index (κ3) is 3.23. The monoisotopic (exact) mass is 409 g/mol. The molecule has 0 radical (unpaired) electrons. The summed E-state index contributed by atoms with van der Waals surface area (Å²) in [7, 11) is -3.26. The molecule has 2 unspecified atom stereocenters. The van der Waals surface area contributed by atoms with Crippen molar-refractivity contribution in [3.8, 4) is 0 Å². The van der Waals surface area contributed by atoms with E-state index in [1.165, 1.54) is 6.20 Å². The molecule has 2 atom stereocenters. The van der Waals surface area contributed by atoms with Gasteiger partial charge in [0.05, 0.1) is 28.6 Å². The van der Waals surface area contributed by atoms with Gasteiger partial charge >= 0.3 is 11.2 Å². The Bertz CT molecular complexity index is 1090. The summed E-state index contributed by atoms with van der Waals surface area (Å²) in [4.78, 5) is 31.3. The molecule has 12 heteroatoms. The molecule has 0 amide bonds. The second-order valence-electron chi connectivity index (χ2n) is 7.01. The molecule has 1 N–H and O–H groups in total. The molecule has 0 spiro atoms. The Hall–Kier alpha value is -2.57. The van der Waals surface area contributed by atoms with Crippen molar-refractivity contribution in [2.75, 3.05) is 42.6 Å². The number of fused-ring (bicyclic) bond motifs is 1. The van der Waals surface area contributed by atoms with Gasteiger partial charge in [0.15, 0.2) is 9.84 Å². The Balaban J connectivity index is 1.61. The van der Waals surface area contributed by atoms with Crippen LogP contribution in [0.15, 0.2) is 29.2 Å². The van der Waals surface area contributed by atoms with E-state index in [-0.39, 0.29) is 17.3 Å². The van der Waals surface area contributed by atoms with E-state index >= 15 is 0 Å². The number of aliphatic hydroxyl groups excluding tert-OH is 1. The second-order valence-corrected chi connectivity index (χ2v) is 9.16. The molecule has 0 bridgehead atoms. The molecule has 2 aliphatic rings. The minimum absolute atomic E-state index is 0.0143. The molecule has 2 saturated heterocycles. The van der Waals surface area contributed by atoms with Gasteiger partial charge in [-0.05, 0) is 12.1 Å². The van der Waals surface area contributed by atoms with Crippen molar-refractivity contribution in [2.45, 2.75) is 12.1 Å². The van der Waals surface area contributed by atoms with Crippen LogP contribution in [0.5, 0.6) is 0 Å². The Morgan fingerprint density at radius 3 is 2.50 bits per heavy atom. The lowest BCUT2D eigenvalue weighted by Crippen LogP contribution is -2.54. The molecule has 0 saturated carbocycles. The Morgan fingerprint density at radius 2 is 1.89 bits per heavy atom. The normalized spacial score (nSPS) is 25.2. The number of hydrogen-bond acceptors (Lipinski definition) is 9. The molecule has 28 heavy (non-hydrogen) atoms. The van der Waals surface area contributed by atoms with Gasteiger partial charge in [-0.3, -0.25) is 24.2 Å². The van der Waals surface area contributed by atoms with Crippen LogP contribution < -0.4 is 10.5 Å². The summed E-state index contributed by atoms with van der Waals surface area (Å²) in [6.07, 6.45) is 0.496. The van der Waals surface area contributed by atoms with Crippen LogP contribution in [-0.4, -0.2) is 82.6 Å². The highest BCUT2D eigenvalue weighted by molar-refractivity contribution is 7.91. The average molecular weight is 409 g/mol. The number of nitrogens with zero attached hydrogens (tertiary/aromatic N) is 5. The molecule has 2 aromatic heterocycles. The first-order valence-electron chi connectivity index (χ1n) is 8.80. The minimum Gasteiger partial charge on any atom is -0.390 e. The number of rotatable bonds is 3. The lowest BCUT2D eigenvalue weighted by Gasteiger charge is -2.38. The first-order chi connectivity index (χ1) is 13.3. The first-order valence-corrected chi connectivity index (χ1v) is 10.6. The number of hydrogen-bond donors (Lipinski definition) is 1. The second kappa shape index (κ2) is 6.79. The van der Waals surface area contributed by atoms with Crippen LogP contribution in [-0.2, 0) is 9.84 Å². The summed E-state index contributed by atoms with van der Waals surface area (Å²) in [6, 6.07) is 4.42. The van der Waals surface area contributed by atoms with Crippen LogP contribution in [0.25, 0.3) is 5.65 Å². The lowest BCUT2D eigenvalue weighted by atomic mass is 10.1. The molecule has 150 valence electrons. The van der Waals surface area contributed by atoms with Crippen LogP contribution in [0.3, 0.4) is 0 Å². The number of piperazine rings is 1. The van der Waals surface area contributed by atoms with Gasteiger partial charge in [0.25, 0.3) is 0 Å². The summed E-state index contributed by atoms with van der Waals surface area (Å²) >= 11 is 0. The zero-order valence-electron chi connectivity index (χ0n) is 14.8. The largest absolute Gasteiger partial charge is 0.390 e. The highest BCUT2D eigenvalue weighted by atomic mass is 32.2.